The summed E-state index contributed by atoms with van der Waals surface area (Å²) >= 11 is 5.73. The van der Waals surface area contributed by atoms with Gasteiger partial charge < -0.3 is 4.74 Å². The van der Waals surface area contributed by atoms with Gasteiger partial charge in [0.15, 0.2) is 5.15 Å². The highest BCUT2D eigenvalue weighted by molar-refractivity contribution is 6.29. The predicted molar refractivity (Wildman–Crippen MR) is 81.6 cm³/mol. The minimum atomic E-state index is 0.000364. The molecular weight excluding hydrogens is 272 g/mol. The molecule has 0 saturated heterocycles. The van der Waals surface area contributed by atoms with Crippen molar-refractivity contribution in [1.82, 2.24) is 10.2 Å². The van der Waals surface area contributed by atoms with Gasteiger partial charge in [0.05, 0.1) is 0 Å². The molecule has 0 aliphatic carbocycles. The minimum absolute atomic E-state index is 0.000364. The van der Waals surface area contributed by atoms with Gasteiger partial charge >= 0.3 is 0 Å². The second-order valence-corrected chi connectivity index (χ2v) is 6.12. The normalized spacial score (nSPS) is 11.4. The highest BCUT2D eigenvalue weighted by Crippen LogP contribution is 2.34. The number of hydrogen-bond donors (Lipinski definition) is 0. The molecule has 0 atom stereocenters. The van der Waals surface area contributed by atoms with Gasteiger partial charge in [-0.25, -0.2) is 0 Å². The molecule has 3 nitrogen and oxygen atoms in total. The topological polar surface area (TPSA) is 35.0 Å². The van der Waals surface area contributed by atoms with E-state index >= 15 is 0 Å². The third-order valence-corrected chi connectivity index (χ3v) is 3.28. The Morgan fingerprint density at radius 1 is 1.10 bits per heavy atom. The van der Waals surface area contributed by atoms with Crippen molar-refractivity contribution >= 4 is 11.6 Å². The molecule has 1 aromatic heterocycles. The number of halogens is 1. The van der Waals surface area contributed by atoms with Gasteiger partial charge in [0.1, 0.15) is 5.75 Å². The lowest BCUT2D eigenvalue weighted by Crippen LogP contribution is -2.13. The molecule has 20 heavy (non-hydrogen) atoms. The summed E-state index contributed by atoms with van der Waals surface area (Å²) in [5.41, 5.74) is 2.46. The van der Waals surface area contributed by atoms with Crippen LogP contribution >= 0.6 is 11.6 Å². The van der Waals surface area contributed by atoms with Gasteiger partial charge in [-0.2, -0.15) is 0 Å². The molecular formula is C16H19ClN2O. The van der Waals surface area contributed by atoms with Crippen LogP contribution in [-0.2, 0) is 11.8 Å². The molecule has 0 unspecified atom stereocenters. The van der Waals surface area contributed by atoms with E-state index in [4.69, 9.17) is 16.3 Å². The molecule has 2 rings (SSSR count). The van der Waals surface area contributed by atoms with Gasteiger partial charge in [0.25, 0.3) is 0 Å². The number of nitrogens with zero attached hydrogens (tertiary/aromatic N) is 2. The zero-order valence-electron chi connectivity index (χ0n) is 12.3. The first-order valence-corrected chi connectivity index (χ1v) is 7.08. The van der Waals surface area contributed by atoms with Crippen LogP contribution in [0, 0.1) is 0 Å². The molecule has 0 aliphatic heterocycles. The van der Waals surface area contributed by atoms with E-state index in [0.29, 0.717) is 11.0 Å². The third kappa shape index (κ3) is 3.48. The van der Waals surface area contributed by atoms with E-state index in [2.05, 4.69) is 50.0 Å². The SMILES string of the molecule is CCc1ccc(Oc2ccc(Cl)nn2)c(C(C)(C)C)c1. The molecule has 106 valence electrons. The summed E-state index contributed by atoms with van der Waals surface area (Å²) in [7, 11) is 0. The first-order valence-electron chi connectivity index (χ1n) is 6.70. The predicted octanol–water partition coefficient (Wildman–Crippen LogP) is 4.78. The first-order chi connectivity index (χ1) is 9.40. The Hall–Kier alpha value is -1.61. The van der Waals surface area contributed by atoms with Gasteiger partial charge in [-0.1, -0.05) is 51.4 Å². The fraction of sp³-hybridized carbons (Fsp3) is 0.375. The molecule has 1 aromatic carbocycles. The molecule has 0 spiro atoms. The number of benzene rings is 1. The average Bonchev–Trinajstić information content (AvgIpc) is 2.40. The monoisotopic (exact) mass is 290 g/mol. The minimum Gasteiger partial charge on any atom is -0.437 e. The largest absolute Gasteiger partial charge is 0.437 e. The smallest absolute Gasteiger partial charge is 0.238 e. The molecule has 0 N–H and O–H groups in total. The average molecular weight is 291 g/mol. The van der Waals surface area contributed by atoms with Crippen LogP contribution in [0.5, 0.6) is 11.6 Å². The molecule has 0 amide bonds. The number of aromatic nitrogens is 2. The molecule has 0 radical (unpaired) electrons. The molecule has 0 fully saturated rings. The van der Waals surface area contributed by atoms with Gasteiger partial charge in [-0.3, -0.25) is 0 Å². The Labute approximate surface area is 125 Å². The summed E-state index contributed by atoms with van der Waals surface area (Å²) in [5, 5.41) is 8.08. The zero-order chi connectivity index (χ0) is 14.8. The van der Waals surface area contributed by atoms with E-state index in [9.17, 15) is 0 Å². The maximum absolute atomic E-state index is 5.86. The van der Waals surface area contributed by atoms with E-state index in [1.807, 2.05) is 6.07 Å². The van der Waals surface area contributed by atoms with Crippen LogP contribution in [0.2, 0.25) is 5.15 Å². The Kier molecular flexibility index (Phi) is 4.29. The van der Waals surface area contributed by atoms with Crippen molar-refractivity contribution in [2.24, 2.45) is 0 Å². The van der Waals surface area contributed by atoms with Crippen molar-refractivity contribution in [2.45, 2.75) is 39.5 Å². The van der Waals surface area contributed by atoms with Crippen LogP contribution in [0.15, 0.2) is 30.3 Å². The van der Waals surface area contributed by atoms with Gasteiger partial charge in [0, 0.05) is 11.6 Å². The lowest BCUT2D eigenvalue weighted by atomic mass is 9.85. The quantitative estimate of drug-likeness (QED) is 0.816. The summed E-state index contributed by atoms with van der Waals surface area (Å²) in [6, 6.07) is 9.65. The van der Waals surface area contributed by atoms with Gasteiger partial charge in [0.2, 0.25) is 5.88 Å². The standard InChI is InChI=1S/C16H19ClN2O/c1-5-11-6-7-13(12(10-11)16(2,3)4)20-15-9-8-14(17)18-19-15/h6-10H,5H2,1-4H3. The third-order valence-electron chi connectivity index (χ3n) is 3.08. The van der Waals surface area contributed by atoms with E-state index in [-0.39, 0.29) is 5.41 Å². The summed E-state index contributed by atoms with van der Waals surface area (Å²) < 4.78 is 5.86. The van der Waals surface area contributed by atoms with Crippen LogP contribution in [0.3, 0.4) is 0 Å². The maximum atomic E-state index is 5.86. The number of hydrogen-bond acceptors (Lipinski definition) is 3. The fourth-order valence-corrected chi connectivity index (χ4v) is 2.04. The second kappa shape index (κ2) is 5.80. The van der Waals surface area contributed by atoms with E-state index in [0.717, 1.165) is 17.7 Å². The van der Waals surface area contributed by atoms with Crippen molar-refractivity contribution < 1.29 is 4.74 Å². The molecule has 0 aliphatic rings. The maximum Gasteiger partial charge on any atom is 0.238 e. The molecule has 0 saturated carbocycles. The van der Waals surface area contributed by atoms with Crippen molar-refractivity contribution in [3.63, 3.8) is 0 Å². The van der Waals surface area contributed by atoms with E-state index < -0.39 is 0 Å². The highest BCUT2D eigenvalue weighted by Gasteiger charge is 2.20. The molecule has 4 heteroatoms. The van der Waals surface area contributed by atoms with E-state index in [1.54, 1.807) is 12.1 Å². The van der Waals surface area contributed by atoms with Crippen LogP contribution in [0.25, 0.3) is 0 Å². The highest BCUT2D eigenvalue weighted by atomic mass is 35.5. The number of aryl methyl sites for hydroxylation is 1. The Morgan fingerprint density at radius 2 is 1.85 bits per heavy atom. The summed E-state index contributed by atoms with van der Waals surface area (Å²) in [6.07, 6.45) is 1.00. The van der Waals surface area contributed by atoms with Crippen LogP contribution in [0.1, 0.15) is 38.8 Å². The van der Waals surface area contributed by atoms with Gasteiger partial charge in [-0.15, -0.1) is 10.2 Å². The fourth-order valence-electron chi connectivity index (χ4n) is 1.94. The summed E-state index contributed by atoms with van der Waals surface area (Å²) in [6.45, 7) is 8.65. The van der Waals surface area contributed by atoms with Crippen molar-refractivity contribution in [3.05, 3.63) is 46.6 Å². The lowest BCUT2D eigenvalue weighted by molar-refractivity contribution is 0.433. The lowest BCUT2D eigenvalue weighted by Gasteiger charge is -2.23. The molecule has 2 aromatic rings. The van der Waals surface area contributed by atoms with E-state index in [1.165, 1.54) is 5.56 Å². The molecule has 1 heterocycles. The van der Waals surface area contributed by atoms with Crippen LogP contribution in [-0.4, -0.2) is 10.2 Å². The van der Waals surface area contributed by atoms with Crippen LogP contribution < -0.4 is 4.74 Å². The van der Waals surface area contributed by atoms with Crippen molar-refractivity contribution in [3.8, 4) is 11.6 Å². The Balaban J connectivity index is 2.38. The molecule has 0 bridgehead atoms. The Morgan fingerprint density at radius 3 is 2.40 bits per heavy atom. The number of rotatable bonds is 3. The van der Waals surface area contributed by atoms with Crippen molar-refractivity contribution in [1.29, 1.82) is 0 Å². The van der Waals surface area contributed by atoms with Crippen LogP contribution in [0.4, 0.5) is 0 Å². The first kappa shape index (κ1) is 14.8. The Bertz CT molecular complexity index is 588. The zero-order valence-corrected chi connectivity index (χ0v) is 13.0. The summed E-state index contributed by atoms with van der Waals surface area (Å²) in [5.74, 6) is 1.26. The summed E-state index contributed by atoms with van der Waals surface area (Å²) in [4.78, 5) is 0. The number of ether oxygens (including phenoxy) is 1. The van der Waals surface area contributed by atoms with Gasteiger partial charge in [-0.05, 0) is 29.5 Å². The second-order valence-electron chi connectivity index (χ2n) is 5.73. The van der Waals surface area contributed by atoms with Crippen molar-refractivity contribution in [2.75, 3.05) is 0 Å².